The van der Waals surface area contributed by atoms with Gasteiger partial charge in [0.05, 0.1) is 19.3 Å². The van der Waals surface area contributed by atoms with E-state index in [0.717, 1.165) is 5.56 Å². The molecule has 7 heteroatoms. The van der Waals surface area contributed by atoms with Crippen LogP contribution in [0.15, 0.2) is 30.3 Å². The predicted octanol–water partition coefficient (Wildman–Crippen LogP) is 4.22. The lowest BCUT2D eigenvalue weighted by molar-refractivity contribution is -0.268. The lowest BCUT2D eigenvalue weighted by Gasteiger charge is -2.43. The van der Waals surface area contributed by atoms with Gasteiger partial charge < -0.3 is 28.5 Å². The molecule has 6 nitrogen and oxygen atoms in total. The summed E-state index contributed by atoms with van der Waals surface area (Å²) < 4.78 is 31.4. The SMILES string of the molecule is C[C@H](O)[C@]1(CO[Si](C)(C)C(C)(C)C)O[C@@H]2OC(C)(C)O[C@@H]2[C@@H]1OCc1ccccc1. The van der Waals surface area contributed by atoms with Crippen LogP contribution in [0.2, 0.25) is 18.1 Å². The summed E-state index contributed by atoms with van der Waals surface area (Å²) in [5.74, 6) is -0.769. The predicted molar refractivity (Wildman–Crippen MR) is 117 cm³/mol. The zero-order chi connectivity index (χ0) is 22.4. The number of hydrogen-bond acceptors (Lipinski definition) is 6. The monoisotopic (exact) mass is 438 g/mol. The van der Waals surface area contributed by atoms with Crippen molar-refractivity contribution in [3.63, 3.8) is 0 Å². The van der Waals surface area contributed by atoms with Gasteiger partial charge in [-0.1, -0.05) is 51.1 Å². The van der Waals surface area contributed by atoms with Crippen LogP contribution in [0.1, 0.15) is 47.1 Å². The van der Waals surface area contributed by atoms with Crippen LogP contribution < -0.4 is 0 Å². The number of rotatable bonds is 7. The summed E-state index contributed by atoms with van der Waals surface area (Å²) >= 11 is 0. The summed E-state index contributed by atoms with van der Waals surface area (Å²) in [6.07, 6.45) is -2.42. The van der Waals surface area contributed by atoms with Gasteiger partial charge in [-0.15, -0.1) is 0 Å². The highest BCUT2D eigenvalue weighted by Gasteiger charge is 2.65. The number of aliphatic hydroxyl groups excluding tert-OH is 1. The maximum atomic E-state index is 10.9. The fraction of sp³-hybridized carbons (Fsp3) is 0.739. The van der Waals surface area contributed by atoms with Gasteiger partial charge in [0.25, 0.3) is 0 Å². The summed E-state index contributed by atoms with van der Waals surface area (Å²) in [6.45, 7) is 17.0. The van der Waals surface area contributed by atoms with Crippen LogP contribution in [-0.4, -0.2) is 56.0 Å². The topological polar surface area (TPSA) is 66.4 Å². The van der Waals surface area contributed by atoms with Crippen LogP contribution >= 0.6 is 0 Å². The summed E-state index contributed by atoms with van der Waals surface area (Å²) in [4.78, 5) is 0. The largest absolute Gasteiger partial charge is 0.414 e. The second kappa shape index (κ2) is 8.28. The summed E-state index contributed by atoms with van der Waals surface area (Å²) in [5.41, 5.74) is -0.0280. The summed E-state index contributed by atoms with van der Waals surface area (Å²) in [5, 5.41) is 10.9. The van der Waals surface area contributed by atoms with Crippen molar-refractivity contribution in [2.75, 3.05) is 6.61 Å². The van der Waals surface area contributed by atoms with Gasteiger partial charge in [0.15, 0.2) is 20.4 Å². The molecule has 0 spiro atoms. The Morgan fingerprint density at radius 1 is 1.10 bits per heavy atom. The van der Waals surface area contributed by atoms with Crippen LogP contribution in [0.3, 0.4) is 0 Å². The van der Waals surface area contributed by atoms with Crippen molar-refractivity contribution in [1.82, 2.24) is 0 Å². The van der Waals surface area contributed by atoms with Crippen LogP contribution in [0.5, 0.6) is 0 Å². The molecule has 2 aliphatic heterocycles. The van der Waals surface area contributed by atoms with Crippen LogP contribution in [0, 0.1) is 0 Å². The number of benzene rings is 1. The standard InChI is InChI=1S/C23H38O6Si/c1-16(24)23(15-26-30(7,8)21(2,3)4)19(25-14-17-12-10-9-11-13-17)18-20(29-23)28-22(5,6)27-18/h9-13,16,18-20,24H,14-15H2,1-8H3/t16-,18+,19-,20-,23-/m0/s1. The Bertz CT molecular complexity index is 714. The molecule has 1 N–H and O–H groups in total. The average molecular weight is 439 g/mol. The van der Waals surface area contributed by atoms with Gasteiger partial charge in [0.1, 0.15) is 17.8 Å². The van der Waals surface area contributed by atoms with Crippen molar-refractivity contribution in [3.8, 4) is 0 Å². The van der Waals surface area contributed by atoms with Crippen molar-refractivity contribution >= 4 is 8.32 Å². The molecule has 3 rings (SSSR count). The first kappa shape index (κ1) is 23.9. The van der Waals surface area contributed by atoms with Crippen LogP contribution in [-0.2, 0) is 30.0 Å². The molecule has 0 aromatic heterocycles. The first-order valence-corrected chi connectivity index (χ1v) is 13.7. The van der Waals surface area contributed by atoms with Gasteiger partial charge in [-0.3, -0.25) is 0 Å². The Hall–Kier alpha value is -0.803. The Morgan fingerprint density at radius 2 is 1.73 bits per heavy atom. The molecular weight excluding hydrogens is 400 g/mol. The molecule has 0 amide bonds. The number of aliphatic hydroxyl groups is 1. The maximum Gasteiger partial charge on any atom is 0.192 e. The van der Waals surface area contributed by atoms with Gasteiger partial charge in [0.2, 0.25) is 0 Å². The van der Waals surface area contributed by atoms with Crippen molar-refractivity contribution in [2.24, 2.45) is 0 Å². The molecule has 0 aliphatic carbocycles. The molecule has 0 unspecified atom stereocenters. The van der Waals surface area contributed by atoms with E-state index in [0.29, 0.717) is 6.61 Å². The van der Waals surface area contributed by atoms with Gasteiger partial charge in [-0.05, 0) is 44.5 Å². The Balaban J connectivity index is 1.87. The van der Waals surface area contributed by atoms with Gasteiger partial charge >= 0.3 is 0 Å². The highest BCUT2D eigenvalue weighted by Crippen LogP contribution is 2.47. The maximum absolute atomic E-state index is 10.9. The summed E-state index contributed by atoms with van der Waals surface area (Å²) in [6, 6.07) is 9.96. The minimum absolute atomic E-state index is 0.0384. The molecule has 0 saturated carbocycles. The zero-order valence-electron chi connectivity index (χ0n) is 19.6. The van der Waals surface area contributed by atoms with Crippen LogP contribution in [0.4, 0.5) is 0 Å². The van der Waals surface area contributed by atoms with E-state index >= 15 is 0 Å². The Kier molecular flexibility index (Phi) is 6.58. The van der Waals surface area contributed by atoms with E-state index in [1.807, 2.05) is 44.2 Å². The number of ether oxygens (including phenoxy) is 4. The molecule has 0 bridgehead atoms. The fourth-order valence-electron chi connectivity index (χ4n) is 3.69. The first-order chi connectivity index (χ1) is 13.8. The van der Waals surface area contributed by atoms with E-state index in [-0.39, 0.29) is 11.6 Å². The van der Waals surface area contributed by atoms with E-state index in [2.05, 4.69) is 33.9 Å². The molecule has 0 radical (unpaired) electrons. The van der Waals surface area contributed by atoms with Crippen molar-refractivity contribution in [3.05, 3.63) is 35.9 Å². The van der Waals surface area contributed by atoms with Crippen molar-refractivity contribution < 1.29 is 28.5 Å². The normalized spacial score (nSPS) is 32.2. The lowest BCUT2D eigenvalue weighted by atomic mass is 9.90. The minimum atomic E-state index is -2.07. The molecule has 2 aliphatic rings. The molecule has 5 atom stereocenters. The highest BCUT2D eigenvalue weighted by atomic mass is 28.4. The highest BCUT2D eigenvalue weighted by molar-refractivity contribution is 6.74. The molecule has 2 heterocycles. The van der Waals surface area contributed by atoms with E-state index in [9.17, 15) is 5.11 Å². The third kappa shape index (κ3) is 4.67. The number of fused-ring (bicyclic) bond motifs is 1. The molecule has 1 aromatic rings. The first-order valence-electron chi connectivity index (χ1n) is 10.8. The zero-order valence-corrected chi connectivity index (χ0v) is 20.6. The van der Waals surface area contributed by atoms with Gasteiger partial charge in [-0.2, -0.15) is 0 Å². The minimum Gasteiger partial charge on any atom is -0.414 e. The van der Waals surface area contributed by atoms with E-state index in [4.69, 9.17) is 23.4 Å². The second-order valence-corrected chi connectivity index (χ2v) is 15.3. The van der Waals surface area contributed by atoms with E-state index in [1.165, 1.54) is 0 Å². The second-order valence-electron chi connectivity index (χ2n) is 10.5. The van der Waals surface area contributed by atoms with Gasteiger partial charge in [-0.25, -0.2) is 0 Å². The average Bonchev–Trinajstić information content (AvgIpc) is 3.07. The molecule has 170 valence electrons. The Morgan fingerprint density at radius 3 is 2.30 bits per heavy atom. The molecule has 1 aromatic carbocycles. The van der Waals surface area contributed by atoms with E-state index < -0.39 is 44.3 Å². The summed E-state index contributed by atoms with van der Waals surface area (Å²) in [7, 11) is -2.07. The van der Waals surface area contributed by atoms with Gasteiger partial charge in [0, 0.05) is 0 Å². The van der Waals surface area contributed by atoms with Crippen molar-refractivity contribution in [1.29, 1.82) is 0 Å². The molecule has 2 fully saturated rings. The Labute approximate surface area is 181 Å². The van der Waals surface area contributed by atoms with Crippen molar-refractivity contribution in [2.45, 2.75) is 102 Å². The lowest BCUT2D eigenvalue weighted by Crippen LogP contribution is -2.58. The third-order valence-electron chi connectivity index (χ3n) is 6.65. The molecular formula is C23H38O6Si. The quantitative estimate of drug-likeness (QED) is 0.643. The van der Waals surface area contributed by atoms with E-state index in [1.54, 1.807) is 6.92 Å². The smallest absolute Gasteiger partial charge is 0.192 e. The third-order valence-corrected chi connectivity index (χ3v) is 11.1. The number of hydrogen-bond donors (Lipinski definition) is 1. The molecule has 2 saturated heterocycles. The molecule has 30 heavy (non-hydrogen) atoms. The van der Waals surface area contributed by atoms with Crippen LogP contribution in [0.25, 0.3) is 0 Å². The fourth-order valence-corrected chi connectivity index (χ4v) is 4.71.